The number of aromatic amines is 1. The minimum atomic E-state index is 0.579. The monoisotopic (exact) mass is 183 g/mol. The lowest BCUT2D eigenvalue weighted by Gasteiger charge is -2.01. The van der Waals surface area contributed by atoms with Crippen molar-refractivity contribution in [3.8, 4) is 0 Å². The molecular formula is C11H9N3. The molecule has 3 N–H and O–H groups in total. The minimum absolute atomic E-state index is 0.579. The molecule has 0 saturated heterocycles. The molecule has 0 spiro atoms. The highest BCUT2D eigenvalue weighted by Gasteiger charge is 2.04. The van der Waals surface area contributed by atoms with Crippen LogP contribution in [0.5, 0.6) is 0 Å². The van der Waals surface area contributed by atoms with E-state index in [4.69, 9.17) is 5.73 Å². The lowest BCUT2D eigenvalue weighted by Crippen LogP contribution is -1.92. The number of anilines is 1. The van der Waals surface area contributed by atoms with Gasteiger partial charge in [0.05, 0.1) is 0 Å². The molecule has 0 unspecified atom stereocenters. The third kappa shape index (κ3) is 0.836. The van der Waals surface area contributed by atoms with Gasteiger partial charge in [-0.05, 0) is 11.5 Å². The van der Waals surface area contributed by atoms with E-state index in [0.29, 0.717) is 5.82 Å². The number of nitrogens with zero attached hydrogens (tertiary/aromatic N) is 1. The van der Waals surface area contributed by atoms with Crippen molar-refractivity contribution < 1.29 is 0 Å². The van der Waals surface area contributed by atoms with Crippen molar-refractivity contribution in [2.24, 2.45) is 0 Å². The molecule has 0 amide bonds. The zero-order valence-corrected chi connectivity index (χ0v) is 7.49. The molecule has 0 aliphatic carbocycles. The number of fused-ring (bicyclic) bond motifs is 3. The second-order valence-corrected chi connectivity index (χ2v) is 3.28. The summed E-state index contributed by atoms with van der Waals surface area (Å²) in [4.78, 5) is 7.35. The first-order chi connectivity index (χ1) is 6.86. The molecule has 3 rings (SSSR count). The Morgan fingerprint density at radius 1 is 1.00 bits per heavy atom. The van der Waals surface area contributed by atoms with E-state index >= 15 is 0 Å². The van der Waals surface area contributed by atoms with Crippen LogP contribution in [0.15, 0.2) is 36.5 Å². The smallest absolute Gasteiger partial charge is 0.140 e. The van der Waals surface area contributed by atoms with E-state index in [1.54, 1.807) is 0 Å². The van der Waals surface area contributed by atoms with E-state index in [1.807, 2.05) is 30.5 Å². The number of pyridine rings is 1. The van der Waals surface area contributed by atoms with Gasteiger partial charge in [-0.2, -0.15) is 0 Å². The van der Waals surface area contributed by atoms with Gasteiger partial charge in [0, 0.05) is 17.0 Å². The maximum absolute atomic E-state index is 5.85. The van der Waals surface area contributed by atoms with Gasteiger partial charge in [-0.15, -0.1) is 0 Å². The zero-order valence-electron chi connectivity index (χ0n) is 7.49. The molecule has 3 aromatic rings. The number of nitrogens with one attached hydrogen (secondary N) is 1. The molecule has 1 aromatic carbocycles. The van der Waals surface area contributed by atoms with Crippen LogP contribution in [-0.4, -0.2) is 9.97 Å². The second-order valence-electron chi connectivity index (χ2n) is 3.28. The van der Waals surface area contributed by atoms with Gasteiger partial charge in [-0.3, -0.25) is 0 Å². The van der Waals surface area contributed by atoms with Crippen LogP contribution in [-0.2, 0) is 0 Å². The molecule has 0 fully saturated rings. The average Bonchev–Trinajstić information content (AvgIpc) is 2.66. The first-order valence-electron chi connectivity index (χ1n) is 4.47. The van der Waals surface area contributed by atoms with E-state index in [-0.39, 0.29) is 0 Å². The van der Waals surface area contributed by atoms with Gasteiger partial charge in [0.2, 0.25) is 0 Å². The lowest BCUT2D eigenvalue weighted by molar-refractivity contribution is 1.34. The lowest BCUT2D eigenvalue weighted by atomic mass is 10.1. The molecule has 0 saturated carbocycles. The summed E-state index contributed by atoms with van der Waals surface area (Å²) in [7, 11) is 0. The van der Waals surface area contributed by atoms with Crippen LogP contribution in [0.4, 0.5) is 5.82 Å². The number of nitrogen functional groups attached to an aromatic ring is 1. The van der Waals surface area contributed by atoms with Gasteiger partial charge in [-0.25, -0.2) is 4.98 Å². The van der Waals surface area contributed by atoms with Gasteiger partial charge in [0.1, 0.15) is 11.5 Å². The van der Waals surface area contributed by atoms with E-state index in [9.17, 15) is 0 Å². The van der Waals surface area contributed by atoms with Crippen LogP contribution >= 0.6 is 0 Å². The van der Waals surface area contributed by atoms with Crippen molar-refractivity contribution in [1.29, 1.82) is 0 Å². The molecule has 3 nitrogen and oxygen atoms in total. The predicted molar refractivity (Wildman–Crippen MR) is 58.0 cm³/mol. The Morgan fingerprint density at radius 3 is 2.64 bits per heavy atom. The summed E-state index contributed by atoms with van der Waals surface area (Å²) in [5.41, 5.74) is 6.70. The van der Waals surface area contributed by atoms with Crippen molar-refractivity contribution >= 4 is 27.6 Å². The van der Waals surface area contributed by atoms with Gasteiger partial charge in [0.25, 0.3) is 0 Å². The highest BCUT2D eigenvalue weighted by molar-refractivity contribution is 6.08. The van der Waals surface area contributed by atoms with Crippen molar-refractivity contribution in [3.05, 3.63) is 36.5 Å². The fraction of sp³-hybridized carbons (Fsp3) is 0. The number of hydrogen-bond donors (Lipinski definition) is 2. The highest BCUT2D eigenvalue weighted by atomic mass is 14.9. The molecule has 0 aliphatic rings. The molecule has 3 heteroatoms. The summed E-state index contributed by atoms with van der Waals surface area (Å²) in [6, 6.07) is 10.0. The molecule has 0 bridgehead atoms. The van der Waals surface area contributed by atoms with Crippen molar-refractivity contribution in [2.75, 3.05) is 5.73 Å². The van der Waals surface area contributed by atoms with Crippen molar-refractivity contribution in [2.45, 2.75) is 0 Å². The number of benzene rings is 1. The maximum atomic E-state index is 5.85. The fourth-order valence-electron chi connectivity index (χ4n) is 1.79. The SMILES string of the molecule is Nc1nc2[nH]ccc2c2ccccc12. The Labute approximate surface area is 80.6 Å². The standard InChI is InChI=1S/C11H9N3/c12-10-8-4-2-1-3-7(8)9-5-6-13-11(9)14-10/h1-6H,(H3,12,13,14). The largest absolute Gasteiger partial charge is 0.383 e. The number of aromatic nitrogens is 2. The van der Waals surface area contributed by atoms with E-state index in [2.05, 4.69) is 16.0 Å². The summed E-state index contributed by atoms with van der Waals surface area (Å²) in [5.74, 6) is 0.579. The number of rotatable bonds is 0. The number of nitrogens with two attached hydrogens (primary N) is 1. The highest BCUT2D eigenvalue weighted by Crippen LogP contribution is 2.26. The Kier molecular flexibility index (Phi) is 1.31. The van der Waals surface area contributed by atoms with Crippen molar-refractivity contribution in [1.82, 2.24) is 9.97 Å². The first-order valence-corrected chi connectivity index (χ1v) is 4.47. The number of hydrogen-bond acceptors (Lipinski definition) is 2. The summed E-state index contributed by atoms with van der Waals surface area (Å²) >= 11 is 0. The van der Waals surface area contributed by atoms with Gasteiger partial charge >= 0.3 is 0 Å². The second kappa shape index (κ2) is 2.48. The van der Waals surface area contributed by atoms with Crippen LogP contribution in [0.25, 0.3) is 21.8 Å². The van der Waals surface area contributed by atoms with Crippen LogP contribution in [0.3, 0.4) is 0 Å². The normalized spacial score (nSPS) is 11.1. The van der Waals surface area contributed by atoms with Crippen LogP contribution in [0, 0.1) is 0 Å². The summed E-state index contributed by atoms with van der Waals surface area (Å²) in [5, 5.41) is 3.28. The van der Waals surface area contributed by atoms with Crippen LogP contribution < -0.4 is 5.73 Å². The summed E-state index contributed by atoms with van der Waals surface area (Å²) in [6.07, 6.45) is 1.88. The average molecular weight is 183 g/mol. The molecule has 0 atom stereocenters. The van der Waals surface area contributed by atoms with Crippen LogP contribution in [0.1, 0.15) is 0 Å². The van der Waals surface area contributed by atoms with E-state index < -0.39 is 0 Å². The summed E-state index contributed by atoms with van der Waals surface area (Å²) in [6.45, 7) is 0. The quantitative estimate of drug-likeness (QED) is 0.561. The third-order valence-electron chi connectivity index (χ3n) is 2.45. The predicted octanol–water partition coefficient (Wildman–Crippen LogP) is 2.30. The molecule has 2 heterocycles. The molecule has 2 aromatic heterocycles. The van der Waals surface area contributed by atoms with E-state index in [0.717, 1.165) is 21.8 Å². The van der Waals surface area contributed by atoms with Crippen molar-refractivity contribution in [3.63, 3.8) is 0 Å². The first kappa shape index (κ1) is 7.38. The molecule has 0 aliphatic heterocycles. The topological polar surface area (TPSA) is 54.7 Å². The summed E-state index contributed by atoms with van der Waals surface area (Å²) < 4.78 is 0. The fourth-order valence-corrected chi connectivity index (χ4v) is 1.79. The molecular weight excluding hydrogens is 174 g/mol. The number of H-pyrrole nitrogens is 1. The minimum Gasteiger partial charge on any atom is -0.383 e. The van der Waals surface area contributed by atoms with Gasteiger partial charge in [-0.1, -0.05) is 24.3 Å². The molecule has 68 valence electrons. The Hall–Kier alpha value is -2.03. The Morgan fingerprint density at radius 2 is 1.79 bits per heavy atom. The Bertz CT molecular complexity index is 610. The van der Waals surface area contributed by atoms with Crippen LogP contribution in [0.2, 0.25) is 0 Å². The van der Waals surface area contributed by atoms with Gasteiger partial charge in [0.15, 0.2) is 0 Å². The van der Waals surface area contributed by atoms with Gasteiger partial charge < -0.3 is 10.7 Å². The van der Waals surface area contributed by atoms with E-state index in [1.165, 1.54) is 0 Å². The maximum Gasteiger partial charge on any atom is 0.140 e. The molecule has 0 radical (unpaired) electrons. The zero-order chi connectivity index (χ0) is 9.54. The third-order valence-corrected chi connectivity index (χ3v) is 2.45. The Balaban J connectivity index is 2.67. The molecule has 14 heavy (non-hydrogen) atoms.